The third-order valence-electron chi connectivity index (χ3n) is 5.16. The molecule has 0 radical (unpaired) electrons. The third kappa shape index (κ3) is 5.11. The summed E-state index contributed by atoms with van der Waals surface area (Å²) in [6.07, 6.45) is 0.482. The Morgan fingerprint density at radius 1 is 1.06 bits per heavy atom. The fourth-order valence-electron chi connectivity index (χ4n) is 3.47. The summed E-state index contributed by atoms with van der Waals surface area (Å²) in [6.45, 7) is 1.95. The van der Waals surface area contributed by atoms with Crippen LogP contribution < -0.4 is 10.2 Å². The molecule has 7 heteroatoms. The van der Waals surface area contributed by atoms with Crippen LogP contribution in [0.4, 0.5) is 11.4 Å². The van der Waals surface area contributed by atoms with E-state index in [4.69, 9.17) is 11.6 Å². The fourth-order valence-corrected chi connectivity index (χ4v) is 4.91. The van der Waals surface area contributed by atoms with Crippen LogP contribution in [0.1, 0.15) is 11.1 Å². The second-order valence-corrected chi connectivity index (χ2v) is 9.19. The minimum atomic E-state index is -0.559. The zero-order valence-electron chi connectivity index (χ0n) is 17.8. The van der Waals surface area contributed by atoms with Crippen LogP contribution in [-0.4, -0.2) is 17.1 Å². The molecule has 1 fully saturated rings. The summed E-state index contributed by atoms with van der Waals surface area (Å²) in [4.78, 5) is 27.9. The number of anilines is 2. The van der Waals surface area contributed by atoms with Crippen LogP contribution in [0.2, 0.25) is 5.02 Å². The number of nitrogens with zero attached hydrogens (tertiary/aromatic N) is 2. The number of hydrogen-bond acceptors (Lipinski definition) is 4. The van der Waals surface area contributed by atoms with Crippen molar-refractivity contribution in [1.29, 1.82) is 5.26 Å². The van der Waals surface area contributed by atoms with Crippen molar-refractivity contribution in [2.45, 2.75) is 18.6 Å². The second-order valence-electron chi connectivity index (χ2n) is 7.56. The van der Waals surface area contributed by atoms with Gasteiger partial charge in [-0.25, -0.2) is 0 Å². The van der Waals surface area contributed by atoms with Crippen molar-refractivity contribution in [3.05, 3.63) is 106 Å². The van der Waals surface area contributed by atoms with Crippen molar-refractivity contribution in [2.24, 2.45) is 0 Å². The predicted octanol–water partition coefficient (Wildman–Crippen LogP) is 5.71. The van der Waals surface area contributed by atoms with Crippen LogP contribution in [0.3, 0.4) is 0 Å². The van der Waals surface area contributed by atoms with Gasteiger partial charge in [0.2, 0.25) is 5.91 Å². The van der Waals surface area contributed by atoms with Crippen LogP contribution in [0.25, 0.3) is 0 Å². The van der Waals surface area contributed by atoms with E-state index in [2.05, 4.69) is 5.32 Å². The van der Waals surface area contributed by atoms with Crippen LogP contribution in [0, 0.1) is 18.3 Å². The Hall–Kier alpha value is -3.53. The number of aryl methyl sites for hydroxylation is 1. The Kier molecular flexibility index (Phi) is 6.83. The van der Waals surface area contributed by atoms with Gasteiger partial charge in [-0.2, -0.15) is 5.26 Å². The highest BCUT2D eigenvalue weighted by molar-refractivity contribution is 8.05. The molecule has 3 aromatic carbocycles. The molecule has 1 N–H and O–H groups in total. The molecule has 5 nitrogen and oxygen atoms in total. The SMILES string of the molecule is Cc1ccc(NC(=O)/C(C#N)=C2\SC(Cc3ccccc3)C(=O)N2c2ccc(Cl)cc2)cc1. The number of nitriles is 1. The van der Waals surface area contributed by atoms with Crippen molar-refractivity contribution in [1.82, 2.24) is 0 Å². The molecule has 1 atom stereocenters. The van der Waals surface area contributed by atoms with Crippen molar-refractivity contribution < 1.29 is 9.59 Å². The van der Waals surface area contributed by atoms with E-state index in [-0.39, 0.29) is 11.5 Å². The lowest BCUT2D eigenvalue weighted by Crippen LogP contribution is -2.30. The molecule has 0 aromatic heterocycles. The van der Waals surface area contributed by atoms with Crippen molar-refractivity contribution in [2.75, 3.05) is 10.2 Å². The quantitative estimate of drug-likeness (QED) is 0.380. The Labute approximate surface area is 201 Å². The molecule has 1 unspecified atom stereocenters. The average Bonchev–Trinajstić information content (AvgIpc) is 3.12. The van der Waals surface area contributed by atoms with Crippen molar-refractivity contribution >= 4 is 46.6 Å². The summed E-state index contributed by atoms with van der Waals surface area (Å²) in [7, 11) is 0. The Morgan fingerprint density at radius 3 is 2.36 bits per heavy atom. The minimum absolute atomic E-state index is 0.112. The van der Waals surface area contributed by atoms with Gasteiger partial charge in [-0.05, 0) is 55.3 Å². The maximum absolute atomic E-state index is 13.4. The van der Waals surface area contributed by atoms with E-state index in [0.29, 0.717) is 27.8 Å². The van der Waals surface area contributed by atoms with Crippen LogP contribution in [-0.2, 0) is 16.0 Å². The monoisotopic (exact) mass is 473 g/mol. The number of halogens is 1. The largest absolute Gasteiger partial charge is 0.321 e. The average molecular weight is 474 g/mol. The number of benzene rings is 3. The molecule has 4 rings (SSSR count). The van der Waals surface area contributed by atoms with Gasteiger partial charge in [0.1, 0.15) is 16.7 Å². The standard InChI is InChI=1S/C26H20ClN3O2S/c1-17-7-11-20(12-8-17)29-24(31)22(16-28)26-30(21-13-9-19(27)10-14-21)25(32)23(33-26)15-18-5-3-2-4-6-18/h2-14,23H,15H2,1H3,(H,29,31)/b26-22-. The number of thioether (sulfide) groups is 1. The lowest BCUT2D eigenvalue weighted by molar-refractivity contribution is -0.117. The number of carbonyl (C=O) groups excluding carboxylic acids is 2. The number of amides is 2. The molecule has 2 amide bonds. The van der Waals surface area contributed by atoms with Gasteiger partial charge in [0, 0.05) is 16.4 Å². The van der Waals surface area contributed by atoms with Crippen LogP contribution in [0.5, 0.6) is 0 Å². The van der Waals surface area contributed by atoms with Crippen LogP contribution in [0.15, 0.2) is 89.5 Å². The van der Waals surface area contributed by atoms with Gasteiger partial charge in [-0.15, -0.1) is 0 Å². The van der Waals surface area contributed by atoms with E-state index in [0.717, 1.165) is 11.1 Å². The summed E-state index contributed by atoms with van der Waals surface area (Å²) in [6, 6.07) is 25.7. The van der Waals surface area contributed by atoms with Gasteiger partial charge in [0.25, 0.3) is 5.91 Å². The summed E-state index contributed by atoms with van der Waals surface area (Å²) in [5.41, 5.74) is 3.08. The molecule has 1 aliphatic heterocycles. The topological polar surface area (TPSA) is 73.2 Å². The van der Waals surface area contributed by atoms with Gasteiger partial charge in [0.05, 0.1) is 5.25 Å². The van der Waals surface area contributed by atoms with E-state index in [1.165, 1.54) is 16.7 Å². The summed E-state index contributed by atoms with van der Waals surface area (Å²) in [5, 5.41) is 13.1. The summed E-state index contributed by atoms with van der Waals surface area (Å²) < 4.78 is 0. The Bertz CT molecular complexity index is 1250. The van der Waals surface area contributed by atoms with Crippen molar-refractivity contribution in [3.8, 4) is 6.07 Å². The minimum Gasteiger partial charge on any atom is -0.321 e. The molecule has 1 aliphatic rings. The first kappa shape index (κ1) is 22.7. The molecular formula is C26H20ClN3O2S. The lowest BCUT2D eigenvalue weighted by Gasteiger charge is -2.19. The zero-order valence-corrected chi connectivity index (χ0v) is 19.4. The molecule has 1 heterocycles. The van der Waals surface area contributed by atoms with E-state index >= 15 is 0 Å². The second kappa shape index (κ2) is 9.95. The van der Waals surface area contributed by atoms with E-state index in [1.54, 1.807) is 36.4 Å². The first-order chi connectivity index (χ1) is 16.0. The third-order valence-corrected chi connectivity index (χ3v) is 6.68. The highest BCUT2D eigenvalue weighted by Crippen LogP contribution is 2.42. The number of carbonyl (C=O) groups is 2. The van der Waals surface area contributed by atoms with E-state index < -0.39 is 11.2 Å². The van der Waals surface area contributed by atoms with Gasteiger partial charge >= 0.3 is 0 Å². The Balaban J connectivity index is 1.72. The highest BCUT2D eigenvalue weighted by atomic mass is 35.5. The molecule has 33 heavy (non-hydrogen) atoms. The summed E-state index contributed by atoms with van der Waals surface area (Å²) >= 11 is 7.27. The smallest absolute Gasteiger partial charge is 0.269 e. The predicted molar refractivity (Wildman–Crippen MR) is 133 cm³/mol. The molecule has 3 aromatic rings. The molecule has 0 saturated carbocycles. The zero-order chi connectivity index (χ0) is 23.4. The fraction of sp³-hybridized carbons (Fsp3) is 0.115. The molecular weight excluding hydrogens is 454 g/mol. The molecule has 164 valence electrons. The van der Waals surface area contributed by atoms with Gasteiger partial charge in [-0.1, -0.05) is 71.4 Å². The summed E-state index contributed by atoms with van der Waals surface area (Å²) in [5.74, 6) is -0.743. The van der Waals surface area contributed by atoms with Gasteiger partial charge in [-0.3, -0.25) is 14.5 Å². The van der Waals surface area contributed by atoms with E-state index in [9.17, 15) is 14.9 Å². The van der Waals surface area contributed by atoms with E-state index in [1.807, 2.05) is 55.5 Å². The van der Waals surface area contributed by atoms with Gasteiger partial charge < -0.3 is 5.32 Å². The van der Waals surface area contributed by atoms with Crippen LogP contribution >= 0.6 is 23.4 Å². The first-order valence-corrected chi connectivity index (χ1v) is 11.5. The molecule has 0 aliphatic carbocycles. The normalized spacial score (nSPS) is 16.9. The maximum Gasteiger partial charge on any atom is 0.269 e. The Morgan fingerprint density at radius 2 is 1.73 bits per heavy atom. The molecule has 0 spiro atoms. The number of hydrogen-bond donors (Lipinski definition) is 1. The lowest BCUT2D eigenvalue weighted by atomic mass is 10.1. The molecule has 1 saturated heterocycles. The number of nitrogens with one attached hydrogen (secondary N) is 1. The maximum atomic E-state index is 13.4. The first-order valence-electron chi connectivity index (χ1n) is 10.3. The van der Waals surface area contributed by atoms with Gasteiger partial charge in [0.15, 0.2) is 0 Å². The highest BCUT2D eigenvalue weighted by Gasteiger charge is 2.40. The molecule has 0 bridgehead atoms. The van der Waals surface area contributed by atoms with Crippen molar-refractivity contribution in [3.63, 3.8) is 0 Å². The number of rotatable bonds is 5.